The van der Waals surface area contributed by atoms with Gasteiger partial charge in [-0.15, -0.1) is 5.10 Å². The molecule has 3 heterocycles. The van der Waals surface area contributed by atoms with Gasteiger partial charge in [0.05, 0.1) is 19.9 Å². The third-order valence-electron chi connectivity index (χ3n) is 5.78. The lowest BCUT2D eigenvalue weighted by Crippen LogP contribution is -2.23. The molecular formula is C26H20F3N5O2. The van der Waals surface area contributed by atoms with Crippen LogP contribution in [0.2, 0.25) is 0 Å². The Hall–Kier alpha value is -4.47. The fourth-order valence-electron chi connectivity index (χ4n) is 3.94. The van der Waals surface area contributed by atoms with E-state index in [4.69, 9.17) is 4.74 Å². The van der Waals surface area contributed by atoms with E-state index < -0.39 is 17.6 Å². The molecule has 0 aliphatic rings. The second-order valence-electron chi connectivity index (χ2n) is 8.26. The highest BCUT2D eigenvalue weighted by atomic mass is 19.4. The highest BCUT2D eigenvalue weighted by molar-refractivity contribution is 5.91. The molecule has 3 aromatic heterocycles. The van der Waals surface area contributed by atoms with Gasteiger partial charge in [-0.05, 0) is 41.8 Å². The lowest BCUT2D eigenvalue weighted by Gasteiger charge is -2.12. The number of hydrogen-bond donors (Lipinski definition) is 0. The Labute approximate surface area is 203 Å². The quantitative estimate of drug-likeness (QED) is 0.346. The Morgan fingerprint density at radius 3 is 2.42 bits per heavy atom. The molecule has 0 saturated heterocycles. The minimum atomic E-state index is -4.54. The highest BCUT2D eigenvalue weighted by Gasteiger charge is 2.32. The first kappa shape index (κ1) is 23.3. The maximum absolute atomic E-state index is 13.1. The number of benzene rings is 2. The fraction of sp³-hybridized carbons (Fsp3) is 0.154. The van der Waals surface area contributed by atoms with Gasteiger partial charge in [-0.2, -0.15) is 22.8 Å². The number of hydrogen-bond acceptors (Lipinski definition) is 5. The van der Waals surface area contributed by atoms with Crippen molar-refractivity contribution < 1.29 is 17.9 Å². The molecule has 0 fully saturated rings. The number of aromatic nitrogens is 5. The summed E-state index contributed by atoms with van der Waals surface area (Å²) >= 11 is 0. The van der Waals surface area contributed by atoms with Crippen molar-refractivity contribution in [3.05, 3.63) is 100 Å². The van der Waals surface area contributed by atoms with Crippen LogP contribution >= 0.6 is 0 Å². The normalized spacial score (nSPS) is 11.7. The van der Waals surface area contributed by atoms with Gasteiger partial charge in [0.15, 0.2) is 5.65 Å². The molecule has 0 aliphatic carbocycles. The van der Waals surface area contributed by atoms with Crippen molar-refractivity contribution in [1.29, 1.82) is 0 Å². The minimum absolute atomic E-state index is 0.0647. The zero-order valence-electron chi connectivity index (χ0n) is 19.3. The molecule has 0 bridgehead atoms. The van der Waals surface area contributed by atoms with E-state index in [0.29, 0.717) is 22.5 Å². The smallest absolute Gasteiger partial charge is 0.433 e. The standard InChI is InChI=1S/C26H20F3N5O2/c1-16-6-9-18(10-7-16)21-14-31-34-24(23(21)19-4-3-5-20(12-19)36-2)32-33(25(34)35)15-17-8-11-22(30-13-17)26(27,28)29/h3-14H,15H2,1-2H3. The summed E-state index contributed by atoms with van der Waals surface area (Å²) in [6.07, 6.45) is -1.84. The van der Waals surface area contributed by atoms with Crippen LogP contribution in [0.1, 0.15) is 16.8 Å². The van der Waals surface area contributed by atoms with Gasteiger partial charge in [0.2, 0.25) is 0 Å². The lowest BCUT2D eigenvalue weighted by atomic mass is 9.96. The predicted octanol–water partition coefficient (Wildman–Crippen LogP) is 5.00. The minimum Gasteiger partial charge on any atom is -0.497 e. The number of aryl methyl sites for hydroxylation is 1. The second-order valence-corrected chi connectivity index (χ2v) is 8.26. The van der Waals surface area contributed by atoms with Gasteiger partial charge in [-0.3, -0.25) is 4.98 Å². The number of alkyl halides is 3. The Bertz CT molecular complexity index is 1600. The number of methoxy groups -OCH3 is 1. The molecule has 36 heavy (non-hydrogen) atoms. The van der Waals surface area contributed by atoms with Crippen molar-refractivity contribution in [2.45, 2.75) is 19.6 Å². The summed E-state index contributed by atoms with van der Waals surface area (Å²) in [5.74, 6) is 0.634. The molecule has 5 aromatic rings. The van der Waals surface area contributed by atoms with Gasteiger partial charge >= 0.3 is 11.9 Å². The van der Waals surface area contributed by atoms with Crippen molar-refractivity contribution in [3.8, 4) is 28.0 Å². The van der Waals surface area contributed by atoms with E-state index in [1.807, 2.05) is 55.5 Å². The number of rotatable bonds is 5. The Morgan fingerprint density at radius 2 is 1.75 bits per heavy atom. The van der Waals surface area contributed by atoms with Crippen LogP contribution in [0.25, 0.3) is 27.9 Å². The molecule has 182 valence electrons. The predicted molar refractivity (Wildman–Crippen MR) is 128 cm³/mol. The summed E-state index contributed by atoms with van der Waals surface area (Å²) in [7, 11) is 1.57. The average molecular weight is 491 g/mol. The lowest BCUT2D eigenvalue weighted by molar-refractivity contribution is -0.141. The Morgan fingerprint density at radius 1 is 0.972 bits per heavy atom. The number of halogens is 3. The first-order valence-corrected chi connectivity index (χ1v) is 11.0. The van der Waals surface area contributed by atoms with Crippen LogP contribution in [0.15, 0.2) is 77.9 Å². The summed E-state index contributed by atoms with van der Waals surface area (Å²) in [6, 6.07) is 17.4. The number of nitrogens with zero attached hydrogens (tertiary/aromatic N) is 5. The van der Waals surface area contributed by atoms with Gasteiger partial charge in [0, 0.05) is 17.3 Å². The number of pyridine rings is 1. The summed E-state index contributed by atoms with van der Waals surface area (Å²) in [5, 5.41) is 8.87. The van der Waals surface area contributed by atoms with Gasteiger partial charge in [0.25, 0.3) is 0 Å². The van der Waals surface area contributed by atoms with Crippen LogP contribution in [0.4, 0.5) is 13.2 Å². The second kappa shape index (κ2) is 8.95. The molecule has 0 saturated carbocycles. The molecule has 0 N–H and O–H groups in total. The van der Waals surface area contributed by atoms with E-state index >= 15 is 0 Å². The Kier molecular flexibility index (Phi) is 5.79. The largest absolute Gasteiger partial charge is 0.497 e. The molecule has 0 aliphatic heterocycles. The molecule has 5 rings (SSSR count). The molecule has 0 atom stereocenters. The molecule has 0 unspecified atom stereocenters. The average Bonchev–Trinajstić information content (AvgIpc) is 3.18. The Balaban J connectivity index is 1.67. The molecule has 10 heteroatoms. The van der Waals surface area contributed by atoms with E-state index in [1.54, 1.807) is 13.3 Å². The van der Waals surface area contributed by atoms with E-state index in [1.165, 1.54) is 10.6 Å². The first-order chi connectivity index (χ1) is 17.2. The summed E-state index contributed by atoms with van der Waals surface area (Å²) in [5.41, 5.74) is 3.39. The van der Waals surface area contributed by atoms with Crippen LogP contribution in [0.3, 0.4) is 0 Å². The number of ether oxygens (including phenoxy) is 1. The molecular weight excluding hydrogens is 471 g/mol. The molecule has 0 radical (unpaired) electrons. The molecule has 2 aromatic carbocycles. The van der Waals surface area contributed by atoms with E-state index in [2.05, 4.69) is 15.2 Å². The monoisotopic (exact) mass is 491 g/mol. The van der Waals surface area contributed by atoms with E-state index in [-0.39, 0.29) is 6.54 Å². The van der Waals surface area contributed by atoms with Gasteiger partial charge < -0.3 is 4.74 Å². The van der Waals surface area contributed by atoms with E-state index in [0.717, 1.165) is 39.2 Å². The summed E-state index contributed by atoms with van der Waals surface area (Å²) in [4.78, 5) is 16.6. The first-order valence-electron chi connectivity index (χ1n) is 11.0. The van der Waals surface area contributed by atoms with Crippen LogP contribution in [-0.2, 0) is 12.7 Å². The van der Waals surface area contributed by atoms with Crippen LogP contribution in [-0.4, -0.2) is 31.5 Å². The van der Waals surface area contributed by atoms with Crippen molar-refractivity contribution in [1.82, 2.24) is 24.4 Å². The zero-order valence-corrected chi connectivity index (χ0v) is 19.3. The SMILES string of the molecule is COc1cccc(-c2c(-c3ccc(C)cc3)cnn3c(=O)n(Cc4ccc(C(F)(F)F)nc4)nc23)c1. The van der Waals surface area contributed by atoms with Crippen molar-refractivity contribution in [2.24, 2.45) is 0 Å². The van der Waals surface area contributed by atoms with Crippen LogP contribution in [0.5, 0.6) is 5.75 Å². The molecule has 0 amide bonds. The molecule has 0 spiro atoms. The summed E-state index contributed by atoms with van der Waals surface area (Å²) < 4.78 is 46.3. The number of fused-ring (bicyclic) bond motifs is 1. The third kappa shape index (κ3) is 4.33. The van der Waals surface area contributed by atoms with Gasteiger partial charge in [-0.25, -0.2) is 9.48 Å². The van der Waals surface area contributed by atoms with Crippen LogP contribution in [0, 0.1) is 6.92 Å². The van der Waals surface area contributed by atoms with Crippen LogP contribution < -0.4 is 10.4 Å². The third-order valence-corrected chi connectivity index (χ3v) is 5.78. The fourth-order valence-corrected chi connectivity index (χ4v) is 3.94. The molecule has 7 nitrogen and oxygen atoms in total. The maximum Gasteiger partial charge on any atom is 0.433 e. The van der Waals surface area contributed by atoms with E-state index in [9.17, 15) is 18.0 Å². The van der Waals surface area contributed by atoms with Crippen molar-refractivity contribution >= 4 is 5.65 Å². The summed E-state index contributed by atoms with van der Waals surface area (Å²) in [6.45, 7) is 1.93. The zero-order chi connectivity index (χ0) is 25.4. The highest BCUT2D eigenvalue weighted by Crippen LogP contribution is 2.35. The topological polar surface area (TPSA) is 74.3 Å². The van der Waals surface area contributed by atoms with Gasteiger partial charge in [0.1, 0.15) is 11.4 Å². The maximum atomic E-state index is 13.1. The van der Waals surface area contributed by atoms with Crippen molar-refractivity contribution in [2.75, 3.05) is 7.11 Å². The van der Waals surface area contributed by atoms with Crippen molar-refractivity contribution in [3.63, 3.8) is 0 Å². The van der Waals surface area contributed by atoms with Gasteiger partial charge in [-0.1, -0.05) is 48.0 Å².